The number of thiophene rings is 1. The molecule has 1 aliphatic carbocycles. The van der Waals surface area contributed by atoms with Gasteiger partial charge in [0, 0.05) is 28.4 Å². The van der Waals surface area contributed by atoms with Crippen LogP contribution in [0.3, 0.4) is 0 Å². The number of carbonyl (C=O) groups is 1. The van der Waals surface area contributed by atoms with Gasteiger partial charge >= 0.3 is 0 Å². The first-order valence-corrected chi connectivity index (χ1v) is 12.8. The molecule has 8 nitrogen and oxygen atoms in total. The van der Waals surface area contributed by atoms with Crippen LogP contribution >= 0.6 is 23.1 Å². The van der Waals surface area contributed by atoms with E-state index in [9.17, 15) is 9.90 Å². The Bertz CT molecular complexity index is 1330. The number of nitrogens with zero attached hydrogens (tertiary/aromatic N) is 4. The van der Waals surface area contributed by atoms with E-state index in [0.717, 1.165) is 41.6 Å². The Morgan fingerprint density at radius 3 is 2.79 bits per heavy atom. The number of pyridine rings is 1. The molecule has 4 aromatic rings. The van der Waals surface area contributed by atoms with Crippen LogP contribution in [-0.4, -0.2) is 36.5 Å². The fourth-order valence-corrected chi connectivity index (χ4v) is 6.30. The summed E-state index contributed by atoms with van der Waals surface area (Å²) in [6, 6.07) is 11.8. The summed E-state index contributed by atoms with van der Waals surface area (Å²) < 4.78 is 1.97. The zero-order valence-corrected chi connectivity index (χ0v) is 20.2. The predicted molar refractivity (Wildman–Crippen MR) is 134 cm³/mol. The van der Waals surface area contributed by atoms with Crippen LogP contribution in [0.15, 0.2) is 53.9 Å². The summed E-state index contributed by atoms with van der Waals surface area (Å²) >= 11 is 2.82. The molecule has 0 aliphatic heterocycles. The van der Waals surface area contributed by atoms with Gasteiger partial charge in [-0.15, -0.1) is 21.5 Å². The van der Waals surface area contributed by atoms with Gasteiger partial charge in [-0.05, 0) is 55.5 Å². The number of anilines is 1. The van der Waals surface area contributed by atoms with E-state index < -0.39 is 6.23 Å². The summed E-state index contributed by atoms with van der Waals surface area (Å²) in [5.41, 5.74) is 10.5. The highest BCUT2D eigenvalue weighted by Gasteiger charge is 2.26. The average Bonchev–Trinajstić information content (AvgIpc) is 3.53. The molecule has 0 radical (unpaired) electrons. The van der Waals surface area contributed by atoms with Crippen molar-refractivity contribution in [1.82, 2.24) is 19.7 Å². The number of aromatic nitrogens is 4. The summed E-state index contributed by atoms with van der Waals surface area (Å²) in [4.78, 5) is 18.2. The molecule has 0 saturated heterocycles. The van der Waals surface area contributed by atoms with Crippen molar-refractivity contribution in [1.29, 1.82) is 0 Å². The van der Waals surface area contributed by atoms with Crippen molar-refractivity contribution in [3.8, 4) is 17.1 Å². The highest BCUT2D eigenvalue weighted by Crippen LogP contribution is 2.41. The minimum Gasteiger partial charge on any atom is -0.374 e. The van der Waals surface area contributed by atoms with Gasteiger partial charge in [0.25, 0.3) is 0 Å². The van der Waals surface area contributed by atoms with E-state index in [1.807, 2.05) is 47.9 Å². The molecule has 1 aliphatic rings. The monoisotopic (exact) mass is 492 g/mol. The van der Waals surface area contributed by atoms with Crippen LogP contribution in [0.2, 0.25) is 0 Å². The average molecular weight is 493 g/mol. The van der Waals surface area contributed by atoms with E-state index in [4.69, 9.17) is 5.73 Å². The highest BCUT2D eigenvalue weighted by molar-refractivity contribution is 7.99. The van der Waals surface area contributed by atoms with Crippen LogP contribution < -0.4 is 11.1 Å². The first kappa shape index (κ1) is 22.7. The smallest absolute Gasteiger partial charge is 0.235 e. The second-order valence-electron chi connectivity index (χ2n) is 8.05. The lowest BCUT2D eigenvalue weighted by Crippen LogP contribution is -2.18. The number of carbonyl (C=O) groups excluding carboxylic acids is 1. The molecular weight excluding hydrogens is 468 g/mol. The quantitative estimate of drug-likeness (QED) is 0.265. The number of nitrogens with two attached hydrogens (primary N) is 1. The number of para-hydroxylation sites is 1. The van der Waals surface area contributed by atoms with E-state index in [1.54, 1.807) is 12.4 Å². The first-order valence-electron chi connectivity index (χ1n) is 11.0. The van der Waals surface area contributed by atoms with Crippen molar-refractivity contribution < 1.29 is 9.90 Å². The van der Waals surface area contributed by atoms with Gasteiger partial charge in [-0.1, -0.05) is 30.0 Å². The number of rotatable bonds is 7. The fraction of sp³-hybridized carbons (Fsp3) is 0.250. The molecule has 1 atom stereocenters. The SMILES string of the molecule is Cc1ccccc1-n1c(SCC(=O)Nc2sc3c(c2C(N)O)CCC3)nnc1-c1ccncc1. The second kappa shape index (κ2) is 9.67. The normalized spacial score (nSPS) is 13.6. The molecule has 1 unspecified atom stereocenters. The Morgan fingerprint density at radius 1 is 1.24 bits per heavy atom. The topological polar surface area (TPSA) is 119 Å². The molecule has 3 heterocycles. The van der Waals surface area contributed by atoms with Gasteiger partial charge in [0.2, 0.25) is 5.91 Å². The van der Waals surface area contributed by atoms with Crippen molar-refractivity contribution in [2.24, 2.45) is 5.73 Å². The number of hydrogen-bond donors (Lipinski definition) is 3. The van der Waals surface area contributed by atoms with E-state index in [-0.39, 0.29) is 11.7 Å². The lowest BCUT2D eigenvalue weighted by molar-refractivity contribution is -0.113. The number of aliphatic hydroxyl groups excluding tert-OH is 1. The van der Waals surface area contributed by atoms with E-state index in [2.05, 4.69) is 20.5 Å². The number of amides is 1. The Balaban J connectivity index is 1.40. The number of aryl methyl sites for hydroxylation is 2. The Hall–Kier alpha value is -3.05. The summed E-state index contributed by atoms with van der Waals surface area (Å²) in [5, 5.41) is 23.1. The third-order valence-electron chi connectivity index (χ3n) is 5.77. The van der Waals surface area contributed by atoms with Crippen LogP contribution in [-0.2, 0) is 17.6 Å². The Kier molecular flexibility index (Phi) is 6.46. The third kappa shape index (κ3) is 4.37. The molecule has 3 aromatic heterocycles. The number of benzene rings is 1. The van der Waals surface area contributed by atoms with Crippen molar-refractivity contribution in [3.05, 3.63) is 70.4 Å². The number of thioether (sulfide) groups is 1. The largest absolute Gasteiger partial charge is 0.374 e. The number of aliphatic hydroxyl groups is 1. The minimum atomic E-state index is -1.10. The van der Waals surface area contributed by atoms with Crippen LogP contribution in [0.4, 0.5) is 5.00 Å². The number of hydrogen-bond acceptors (Lipinski definition) is 8. The molecule has 0 spiro atoms. The lowest BCUT2D eigenvalue weighted by atomic mass is 10.1. The van der Waals surface area contributed by atoms with Crippen molar-refractivity contribution >= 4 is 34.0 Å². The summed E-state index contributed by atoms with van der Waals surface area (Å²) in [5.74, 6) is 0.641. The van der Waals surface area contributed by atoms with Gasteiger partial charge in [0.05, 0.1) is 11.4 Å². The Labute approximate surface area is 205 Å². The highest BCUT2D eigenvalue weighted by atomic mass is 32.2. The maximum absolute atomic E-state index is 12.9. The molecular formula is C24H24N6O2S2. The Morgan fingerprint density at radius 2 is 2.03 bits per heavy atom. The summed E-state index contributed by atoms with van der Waals surface area (Å²) in [6.07, 6.45) is 5.23. The van der Waals surface area contributed by atoms with Crippen LogP contribution in [0.5, 0.6) is 0 Å². The van der Waals surface area contributed by atoms with Gasteiger partial charge in [-0.3, -0.25) is 14.3 Å². The third-order valence-corrected chi connectivity index (χ3v) is 7.92. The maximum Gasteiger partial charge on any atom is 0.235 e. The standard InChI is InChI=1S/C24H24N6O2S2/c1-14-5-2-3-7-17(14)30-22(15-9-11-26-12-10-15)28-29-24(30)33-13-19(31)27-23-20(21(25)32)16-6-4-8-18(16)34-23/h2-3,5,7,9-12,21,32H,4,6,8,13,25H2,1H3,(H,27,31). The van der Waals surface area contributed by atoms with Crippen molar-refractivity contribution in [3.63, 3.8) is 0 Å². The molecule has 1 aromatic carbocycles. The van der Waals surface area contributed by atoms with E-state index in [1.165, 1.54) is 28.0 Å². The maximum atomic E-state index is 12.9. The van der Waals surface area contributed by atoms with Crippen molar-refractivity contribution in [2.45, 2.75) is 37.6 Å². The first-order chi connectivity index (χ1) is 16.5. The second-order valence-corrected chi connectivity index (χ2v) is 10.1. The molecule has 4 N–H and O–H groups in total. The molecule has 174 valence electrons. The zero-order valence-electron chi connectivity index (χ0n) is 18.6. The minimum absolute atomic E-state index is 0.142. The molecule has 0 bridgehead atoms. The fourth-order valence-electron chi connectivity index (χ4n) is 4.21. The van der Waals surface area contributed by atoms with Crippen LogP contribution in [0, 0.1) is 6.92 Å². The predicted octanol–water partition coefficient (Wildman–Crippen LogP) is 3.87. The van der Waals surface area contributed by atoms with Crippen LogP contribution in [0.1, 0.15) is 34.2 Å². The molecule has 1 amide bonds. The van der Waals surface area contributed by atoms with Gasteiger partial charge in [-0.25, -0.2) is 0 Å². The van der Waals surface area contributed by atoms with Gasteiger partial charge in [-0.2, -0.15) is 0 Å². The molecule has 34 heavy (non-hydrogen) atoms. The lowest BCUT2D eigenvalue weighted by Gasteiger charge is -2.13. The van der Waals surface area contributed by atoms with Crippen LogP contribution in [0.25, 0.3) is 17.1 Å². The molecule has 0 fully saturated rings. The number of fused-ring (bicyclic) bond motifs is 1. The summed E-state index contributed by atoms with van der Waals surface area (Å²) in [7, 11) is 0. The molecule has 10 heteroatoms. The summed E-state index contributed by atoms with van der Waals surface area (Å²) in [6.45, 7) is 2.03. The molecule has 5 rings (SSSR count). The van der Waals surface area contributed by atoms with E-state index >= 15 is 0 Å². The molecule has 0 saturated carbocycles. The zero-order chi connectivity index (χ0) is 23.7. The number of nitrogens with one attached hydrogen (secondary N) is 1. The van der Waals surface area contributed by atoms with Gasteiger partial charge in [0.15, 0.2) is 11.0 Å². The van der Waals surface area contributed by atoms with Crippen molar-refractivity contribution in [2.75, 3.05) is 11.1 Å². The van der Waals surface area contributed by atoms with E-state index in [0.29, 0.717) is 21.5 Å². The van der Waals surface area contributed by atoms with Gasteiger partial charge in [0.1, 0.15) is 11.2 Å². The van der Waals surface area contributed by atoms with Gasteiger partial charge < -0.3 is 16.2 Å².